The van der Waals surface area contributed by atoms with Gasteiger partial charge in [-0.05, 0) is 46.6 Å². The second-order valence-electron chi connectivity index (χ2n) is 6.31. The van der Waals surface area contributed by atoms with Crippen LogP contribution in [-0.4, -0.2) is 47.1 Å². The van der Waals surface area contributed by atoms with Crippen LogP contribution in [0.1, 0.15) is 46.5 Å². The van der Waals surface area contributed by atoms with Crippen LogP contribution >= 0.6 is 11.8 Å². The molecule has 100 valence electrons. The summed E-state index contributed by atoms with van der Waals surface area (Å²) in [6, 6.07) is 1.52. The van der Waals surface area contributed by atoms with E-state index >= 15 is 0 Å². The number of hydrogen-bond acceptors (Lipinski definition) is 3. The van der Waals surface area contributed by atoms with Gasteiger partial charge in [0.15, 0.2) is 0 Å². The van der Waals surface area contributed by atoms with Crippen LogP contribution in [0.25, 0.3) is 0 Å². The van der Waals surface area contributed by atoms with E-state index in [0.29, 0.717) is 4.75 Å². The molecule has 0 amide bonds. The lowest BCUT2D eigenvalue weighted by Crippen LogP contribution is -2.49. The van der Waals surface area contributed by atoms with E-state index in [4.69, 9.17) is 0 Å². The Bertz CT molecular complexity index is 236. The smallest absolute Gasteiger partial charge is 0.0231 e. The van der Waals surface area contributed by atoms with E-state index in [1.165, 1.54) is 51.1 Å². The third-order valence-corrected chi connectivity index (χ3v) is 5.41. The molecule has 2 nitrogen and oxygen atoms in total. The zero-order chi connectivity index (χ0) is 12.3. The van der Waals surface area contributed by atoms with Crippen molar-refractivity contribution in [1.29, 1.82) is 0 Å². The van der Waals surface area contributed by atoms with Gasteiger partial charge < -0.3 is 5.32 Å². The van der Waals surface area contributed by atoms with Crippen molar-refractivity contribution in [3.05, 3.63) is 0 Å². The van der Waals surface area contributed by atoms with E-state index in [-0.39, 0.29) is 0 Å². The first-order valence-electron chi connectivity index (χ1n) is 7.18. The monoisotopic (exact) mass is 256 g/mol. The molecule has 2 unspecified atom stereocenters. The first kappa shape index (κ1) is 13.7. The third kappa shape index (κ3) is 4.15. The maximum Gasteiger partial charge on any atom is 0.0231 e. The summed E-state index contributed by atoms with van der Waals surface area (Å²) in [4.78, 5) is 2.70. The average molecular weight is 256 g/mol. The predicted octanol–water partition coefficient (Wildman–Crippen LogP) is 2.73. The molecule has 2 atom stereocenters. The zero-order valence-electron chi connectivity index (χ0n) is 11.7. The SMILES string of the molecule is CC(CC1CCCCN1)N1CCSC(C)(C)C1. The van der Waals surface area contributed by atoms with Crippen LogP contribution in [0.15, 0.2) is 0 Å². The number of rotatable bonds is 3. The highest BCUT2D eigenvalue weighted by Crippen LogP contribution is 2.31. The molecule has 2 aliphatic rings. The van der Waals surface area contributed by atoms with Gasteiger partial charge in [-0.2, -0.15) is 11.8 Å². The van der Waals surface area contributed by atoms with Gasteiger partial charge in [-0.3, -0.25) is 4.90 Å². The number of thioether (sulfide) groups is 1. The predicted molar refractivity (Wildman–Crippen MR) is 77.8 cm³/mol. The minimum atomic E-state index is 0.451. The van der Waals surface area contributed by atoms with E-state index in [2.05, 4.69) is 42.7 Å². The summed E-state index contributed by atoms with van der Waals surface area (Å²) >= 11 is 2.13. The van der Waals surface area contributed by atoms with Crippen molar-refractivity contribution < 1.29 is 0 Å². The topological polar surface area (TPSA) is 15.3 Å². The highest BCUT2D eigenvalue weighted by molar-refractivity contribution is 8.00. The minimum Gasteiger partial charge on any atom is -0.314 e. The lowest BCUT2D eigenvalue weighted by Gasteiger charge is -2.42. The van der Waals surface area contributed by atoms with Crippen molar-refractivity contribution in [3.63, 3.8) is 0 Å². The van der Waals surface area contributed by atoms with Crippen molar-refractivity contribution in [2.75, 3.05) is 25.4 Å². The number of piperidine rings is 1. The van der Waals surface area contributed by atoms with Crippen molar-refractivity contribution in [2.45, 2.75) is 63.3 Å². The molecular weight excluding hydrogens is 228 g/mol. The molecule has 0 aliphatic carbocycles. The molecule has 2 fully saturated rings. The standard InChI is InChI=1S/C14H28N2S/c1-12(10-13-6-4-5-7-15-13)16-8-9-17-14(2,3)11-16/h12-13,15H,4-11H2,1-3H3. The Morgan fingerprint density at radius 2 is 2.24 bits per heavy atom. The van der Waals surface area contributed by atoms with Crippen LogP contribution in [0.2, 0.25) is 0 Å². The normalized spacial score (nSPS) is 32.3. The Hall–Kier alpha value is 0.270. The molecular formula is C14H28N2S. The van der Waals surface area contributed by atoms with Crippen molar-refractivity contribution in [3.8, 4) is 0 Å². The molecule has 2 rings (SSSR count). The summed E-state index contributed by atoms with van der Waals surface area (Å²) < 4.78 is 0.451. The Morgan fingerprint density at radius 1 is 1.41 bits per heavy atom. The maximum atomic E-state index is 3.68. The van der Waals surface area contributed by atoms with Crippen molar-refractivity contribution >= 4 is 11.8 Å². The molecule has 0 spiro atoms. The molecule has 0 aromatic heterocycles. The largest absolute Gasteiger partial charge is 0.314 e. The molecule has 0 aromatic carbocycles. The molecule has 0 aromatic rings. The van der Waals surface area contributed by atoms with Crippen molar-refractivity contribution in [2.24, 2.45) is 0 Å². The molecule has 17 heavy (non-hydrogen) atoms. The molecule has 1 N–H and O–H groups in total. The highest BCUT2D eigenvalue weighted by atomic mass is 32.2. The van der Waals surface area contributed by atoms with Gasteiger partial charge >= 0.3 is 0 Å². The second kappa shape index (κ2) is 5.94. The number of hydrogen-bond donors (Lipinski definition) is 1. The van der Waals surface area contributed by atoms with E-state index in [0.717, 1.165) is 12.1 Å². The summed E-state index contributed by atoms with van der Waals surface area (Å²) in [5.41, 5.74) is 0. The van der Waals surface area contributed by atoms with Crippen LogP contribution in [0, 0.1) is 0 Å². The zero-order valence-corrected chi connectivity index (χ0v) is 12.5. The van der Waals surface area contributed by atoms with Crippen LogP contribution in [0.3, 0.4) is 0 Å². The Morgan fingerprint density at radius 3 is 2.88 bits per heavy atom. The summed E-state index contributed by atoms with van der Waals surface area (Å²) in [5, 5.41) is 3.68. The Labute approximate surface area is 111 Å². The fourth-order valence-electron chi connectivity index (χ4n) is 3.12. The molecule has 2 heterocycles. The van der Waals surface area contributed by atoms with Gasteiger partial charge in [-0.25, -0.2) is 0 Å². The minimum absolute atomic E-state index is 0.451. The lowest BCUT2D eigenvalue weighted by molar-refractivity contribution is 0.172. The first-order valence-corrected chi connectivity index (χ1v) is 8.17. The van der Waals surface area contributed by atoms with Gasteiger partial charge in [0.25, 0.3) is 0 Å². The van der Waals surface area contributed by atoms with Gasteiger partial charge in [0.2, 0.25) is 0 Å². The number of nitrogens with zero attached hydrogens (tertiary/aromatic N) is 1. The van der Waals surface area contributed by atoms with Crippen molar-refractivity contribution in [1.82, 2.24) is 10.2 Å². The van der Waals surface area contributed by atoms with Gasteiger partial charge in [-0.15, -0.1) is 0 Å². The fourth-order valence-corrected chi connectivity index (χ4v) is 4.25. The fraction of sp³-hybridized carbons (Fsp3) is 1.00. The summed E-state index contributed by atoms with van der Waals surface area (Å²) in [5.74, 6) is 1.30. The quantitative estimate of drug-likeness (QED) is 0.836. The number of nitrogens with one attached hydrogen (secondary N) is 1. The van der Waals surface area contributed by atoms with Crippen LogP contribution in [0.5, 0.6) is 0 Å². The van der Waals surface area contributed by atoms with Gasteiger partial charge in [0, 0.05) is 35.7 Å². The van der Waals surface area contributed by atoms with E-state index < -0.39 is 0 Å². The van der Waals surface area contributed by atoms with Gasteiger partial charge in [0.05, 0.1) is 0 Å². The highest BCUT2D eigenvalue weighted by Gasteiger charge is 2.30. The average Bonchev–Trinajstić information content (AvgIpc) is 2.29. The van der Waals surface area contributed by atoms with Crippen LogP contribution in [0.4, 0.5) is 0 Å². The summed E-state index contributed by atoms with van der Waals surface area (Å²) in [6.07, 6.45) is 5.51. The summed E-state index contributed by atoms with van der Waals surface area (Å²) in [7, 11) is 0. The Kier molecular flexibility index (Phi) is 4.79. The summed E-state index contributed by atoms with van der Waals surface area (Å²) in [6.45, 7) is 11.0. The third-order valence-electron chi connectivity index (χ3n) is 4.12. The molecule has 3 heteroatoms. The first-order chi connectivity index (χ1) is 8.07. The lowest BCUT2D eigenvalue weighted by atomic mass is 9.97. The Balaban J connectivity index is 1.80. The van der Waals surface area contributed by atoms with Crippen LogP contribution in [-0.2, 0) is 0 Å². The molecule has 2 aliphatic heterocycles. The maximum absolute atomic E-state index is 3.68. The van der Waals surface area contributed by atoms with E-state index in [1.54, 1.807) is 0 Å². The molecule has 0 bridgehead atoms. The van der Waals surface area contributed by atoms with E-state index in [1.807, 2.05) is 0 Å². The molecule has 0 radical (unpaired) electrons. The molecule has 0 saturated carbocycles. The second-order valence-corrected chi connectivity index (χ2v) is 8.11. The van der Waals surface area contributed by atoms with Crippen LogP contribution < -0.4 is 5.32 Å². The van der Waals surface area contributed by atoms with E-state index in [9.17, 15) is 0 Å². The van der Waals surface area contributed by atoms with Gasteiger partial charge in [0.1, 0.15) is 0 Å². The van der Waals surface area contributed by atoms with Gasteiger partial charge in [-0.1, -0.05) is 6.42 Å². The molecule has 2 saturated heterocycles.